The Morgan fingerprint density at radius 2 is 2.03 bits per heavy atom. The molecular formula is C21H28FN5O5S. The van der Waals surface area contributed by atoms with Gasteiger partial charge in [0.2, 0.25) is 5.88 Å². The van der Waals surface area contributed by atoms with Crippen molar-refractivity contribution in [2.24, 2.45) is 0 Å². The van der Waals surface area contributed by atoms with Crippen molar-refractivity contribution in [1.29, 1.82) is 0 Å². The van der Waals surface area contributed by atoms with Crippen molar-refractivity contribution < 1.29 is 27.4 Å². The van der Waals surface area contributed by atoms with Crippen LogP contribution in [0, 0.1) is 12.7 Å². The van der Waals surface area contributed by atoms with E-state index in [-0.39, 0.29) is 24.1 Å². The van der Waals surface area contributed by atoms with Crippen LogP contribution < -0.4 is 15.0 Å². The first-order valence-corrected chi connectivity index (χ1v) is 12.5. The lowest BCUT2D eigenvalue weighted by atomic mass is 10.1. The molecule has 0 radical (unpaired) electrons. The fourth-order valence-electron chi connectivity index (χ4n) is 3.40. The van der Waals surface area contributed by atoms with E-state index >= 15 is 0 Å². The van der Waals surface area contributed by atoms with E-state index in [1.165, 1.54) is 17.3 Å². The van der Waals surface area contributed by atoms with Crippen LogP contribution in [0.2, 0.25) is 0 Å². The molecule has 0 spiro atoms. The Bertz CT molecular complexity index is 1110. The lowest BCUT2D eigenvalue weighted by molar-refractivity contribution is 0.0866. The number of likely N-dealkylation sites (tertiary alicyclic amines) is 1. The minimum Gasteiger partial charge on any atom is -0.474 e. The first kappa shape index (κ1) is 24.5. The molecule has 1 aliphatic heterocycles. The number of sulfone groups is 1. The lowest BCUT2D eigenvalue weighted by Crippen LogP contribution is -2.41. The summed E-state index contributed by atoms with van der Waals surface area (Å²) in [4.78, 5) is 22.4. The van der Waals surface area contributed by atoms with Crippen LogP contribution in [0.1, 0.15) is 18.4 Å². The van der Waals surface area contributed by atoms with Gasteiger partial charge in [-0.25, -0.2) is 27.6 Å². The van der Waals surface area contributed by atoms with E-state index in [0.717, 1.165) is 6.26 Å². The standard InChI is InChI=1S/C21H28FN5O5S/c1-14-19(23-13-24-20(14)32-16-6-8-27(9-7-16)21(28)29)25-18-5-4-15(12-17(18)22)26(2)10-11-33(3,30)31/h4-5,12-13,16H,6-11H2,1-3H3,(H,28,29)(H,23,24,25). The maximum absolute atomic E-state index is 14.7. The monoisotopic (exact) mass is 481 g/mol. The quantitative estimate of drug-likeness (QED) is 0.585. The van der Waals surface area contributed by atoms with Gasteiger partial charge in [0.15, 0.2) is 0 Å². The molecule has 180 valence electrons. The maximum Gasteiger partial charge on any atom is 0.407 e. The number of piperidine rings is 1. The van der Waals surface area contributed by atoms with Gasteiger partial charge in [-0.1, -0.05) is 0 Å². The highest BCUT2D eigenvalue weighted by atomic mass is 32.2. The molecule has 10 nitrogen and oxygen atoms in total. The van der Waals surface area contributed by atoms with Crippen molar-refractivity contribution in [2.45, 2.75) is 25.9 Å². The number of hydrogen-bond acceptors (Lipinski definition) is 8. The number of amides is 1. The van der Waals surface area contributed by atoms with Crippen molar-refractivity contribution in [3.05, 3.63) is 35.9 Å². The zero-order valence-electron chi connectivity index (χ0n) is 18.8. The molecule has 12 heteroatoms. The number of rotatable bonds is 8. The van der Waals surface area contributed by atoms with E-state index in [1.54, 1.807) is 31.0 Å². The van der Waals surface area contributed by atoms with Crippen molar-refractivity contribution in [2.75, 3.05) is 48.9 Å². The van der Waals surface area contributed by atoms with Gasteiger partial charge in [0.25, 0.3) is 0 Å². The smallest absolute Gasteiger partial charge is 0.407 e. The number of ether oxygens (including phenoxy) is 1. The van der Waals surface area contributed by atoms with Gasteiger partial charge in [0, 0.05) is 51.5 Å². The summed E-state index contributed by atoms with van der Waals surface area (Å²) in [6.07, 6.45) is 2.49. The predicted molar refractivity (Wildman–Crippen MR) is 123 cm³/mol. The van der Waals surface area contributed by atoms with Gasteiger partial charge in [-0.3, -0.25) is 0 Å². The Hall–Kier alpha value is -3.15. The molecule has 1 aliphatic rings. The number of aromatic nitrogens is 2. The van der Waals surface area contributed by atoms with Gasteiger partial charge < -0.3 is 25.0 Å². The molecule has 0 aliphatic carbocycles. The Labute approximate surface area is 192 Å². The molecule has 1 aromatic heterocycles. The molecule has 0 saturated carbocycles. The summed E-state index contributed by atoms with van der Waals surface area (Å²) in [5, 5.41) is 12.0. The normalized spacial score (nSPS) is 14.7. The van der Waals surface area contributed by atoms with Crippen molar-refractivity contribution in [1.82, 2.24) is 14.9 Å². The van der Waals surface area contributed by atoms with E-state index in [9.17, 15) is 17.6 Å². The predicted octanol–water partition coefficient (Wildman–Crippen LogP) is 2.67. The van der Waals surface area contributed by atoms with Crippen LogP contribution in [0.25, 0.3) is 0 Å². The molecule has 0 unspecified atom stereocenters. The highest BCUT2D eigenvalue weighted by Crippen LogP contribution is 2.29. The second-order valence-corrected chi connectivity index (χ2v) is 10.3. The highest BCUT2D eigenvalue weighted by molar-refractivity contribution is 7.90. The molecular weight excluding hydrogens is 453 g/mol. The highest BCUT2D eigenvalue weighted by Gasteiger charge is 2.24. The average Bonchev–Trinajstić information content (AvgIpc) is 2.76. The van der Waals surface area contributed by atoms with E-state index < -0.39 is 21.7 Å². The van der Waals surface area contributed by atoms with Gasteiger partial charge in [-0.15, -0.1) is 0 Å². The van der Waals surface area contributed by atoms with E-state index in [2.05, 4.69) is 15.3 Å². The SMILES string of the molecule is Cc1c(Nc2ccc(N(C)CCS(C)(=O)=O)cc2F)ncnc1OC1CCN(C(=O)O)CC1. The number of benzene rings is 1. The van der Waals surface area contributed by atoms with Crippen molar-refractivity contribution in [3.63, 3.8) is 0 Å². The number of nitrogens with one attached hydrogen (secondary N) is 1. The molecule has 1 saturated heterocycles. The molecule has 0 atom stereocenters. The summed E-state index contributed by atoms with van der Waals surface area (Å²) in [6, 6.07) is 4.58. The van der Waals surface area contributed by atoms with Crippen molar-refractivity contribution in [3.8, 4) is 5.88 Å². The summed E-state index contributed by atoms with van der Waals surface area (Å²) in [5.41, 5.74) is 1.36. The van der Waals surface area contributed by atoms with Crippen LogP contribution in [0.5, 0.6) is 5.88 Å². The summed E-state index contributed by atoms with van der Waals surface area (Å²) < 4.78 is 43.4. The first-order chi connectivity index (χ1) is 15.5. The van der Waals surface area contributed by atoms with Crippen LogP contribution in [-0.2, 0) is 9.84 Å². The van der Waals surface area contributed by atoms with Gasteiger partial charge in [0.1, 0.15) is 33.9 Å². The fourth-order valence-corrected chi connectivity index (χ4v) is 4.01. The largest absolute Gasteiger partial charge is 0.474 e. The number of carbonyl (C=O) groups is 1. The molecule has 2 N–H and O–H groups in total. The Morgan fingerprint density at radius 3 is 2.64 bits per heavy atom. The zero-order chi connectivity index (χ0) is 24.2. The molecule has 2 aromatic rings. The lowest BCUT2D eigenvalue weighted by Gasteiger charge is -2.30. The second-order valence-electron chi connectivity index (χ2n) is 8.08. The topological polar surface area (TPSA) is 125 Å². The molecule has 33 heavy (non-hydrogen) atoms. The number of carboxylic acid groups (broad SMARTS) is 1. The van der Waals surface area contributed by atoms with Gasteiger partial charge in [0.05, 0.1) is 17.0 Å². The van der Waals surface area contributed by atoms with E-state index in [4.69, 9.17) is 9.84 Å². The van der Waals surface area contributed by atoms with E-state index in [0.29, 0.717) is 48.9 Å². The zero-order valence-corrected chi connectivity index (χ0v) is 19.6. The molecule has 1 amide bonds. The fraction of sp³-hybridized carbons (Fsp3) is 0.476. The molecule has 0 bridgehead atoms. The van der Waals surface area contributed by atoms with Crippen LogP contribution >= 0.6 is 0 Å². The van der Waals surface area contributed by atoms with Crippen LogP contribution in [0.15, 0.2) is 24.5 Å². The summed E-state index contributed by atoms with van der Waals surface area (Å²) in [5.74, 6) is 0.211. The third-order valence-corrected chi connectivity index (χ3v) is 6.40. The average molecular weight is 482 g/mol. The third kappa shape index (κ3) is 6.67. The van der Waals surface area contributed by atoms with Crippen molar-refractivity contribution >= 4 is 33.1 Å². The Balaban J connectivity index is 1.67. The number of halogens is 1. The minimum absolute atomic E-state index is 0.0244. The summed E-state index contributed by atoms with van der Waals surface area (Å²) >= 11 is 0. The van der Waals surface area contributed by atoms with E-state index in [1.807, 2.05) is 0 Å². The Kier molecular flexibility index (Phi) is 7.57. The van der Waals surface area contributed by atoms with Crippen LogP contribution in [0.4, 0.5) is 26.4 Å². The Morgan fingerprint density at radius 1 is 1.33 bits per heavy atom. The summed E-state index contributed by atoms with van der Waals surface area (Å²) in [6.45, 7) is 2.80. The second kappa shape index (κ2) is 10.2. The number of nitrogens with zero attached hydrogens (tertiary/aromatic N) is 4. The third-order valence-electron chi connectivity index (χ3n) is 5.47. The maximum atomic E-state index is 14.7. The first-order valence-electron chi connectivity index (χ1n) is 10.4. The molecule has 1 fully saturated rings. The molecule has 2 heterocycles. The minimum atomic E-state index is -3.11. The molecule has 3 rings (SSSR count). The van der Waals surface area contributed by atoms with Crippen LogP contribution in [0.3, 0.4) is 0 Å². The van der Waals surface area contributed by atoms with Gasteiger partial charge in [-0.2, -0.15) is 0 Å². The number of anilines is 3. The number of hydrogen-bond donors (Lipinski definition) is 2. The molecule has 1 aromatic carbocycles. The van der Waals surface area contributed by atoms with Gasteiger partial charge >= 0.3 is 6.09 Å². The summed E-state index contributed by atoms with van der Waals surface area (Å²) in [7, 11) is -1.41. The van der Waals surface area contributed by atoms with Crippen LogP contribution in [-0.4, -0.2) is 79.3 Å². The van der Waals surface area contributed by atoms with Gasteiger partial charge in [-0.05, 0) is 25.1 Å².